The van der Waals surface area contributed by atoms with Gasteiger partial charge in [0.05, 0.1) is 6.54 Å². The predicted molar refractivity (Wildman–Crippen MR) is 73.8 cm³/mol. The number of aryl methyl sites for hydroxylation is 1. The smallest absolute Gasteiger partial charge is 0.337 e. The summed E-state index contributed by atoms with van der Waals surface area (Å²) in [5.74, 6) is -1.74. The standard InChI is InChI=1S/C12H18N2O5S/c1-8-6-20-11(18)14(8)5-3-4-9(15)13-7-12(2,19)10(16)17/h6,19H,3-5,7H2,1-2H3,(H,13,15)(H,16,17). The lowest BCUT2D eigenvalue weighted by Gasteiger charge is -2.18. The number of thiazole rings is 1. The van der Waals surface area contributed by atoms with Gasteiger partial charge in [-0.05, 0) is 20.3 Å². The molecule has 3 N–H and O–H groups in total. The Morgan fingerprint density at radius 2 is 2.15 bits per heavy atom. The highest BCUT2D eigenvalue weighted by Gasteiger charge is 2.30. The van der Waals surface area contributed by atoms with Gasteiger partial charge in [-0.25, -0.2) is 4.79 Å². The number of nitrogens with one attached hydrogen (secondary N) is 1. The molecule has 1 amide bonds. The molecule has 1 aromatic heterocycles. The molecule has 0 aliphatic rings. The number of amides is 1. The van der Waals surface area contributed by atoms with Crippen molar-refractivity contribution in [1.82, 2.24) is 9.88 Å². The zero-order valence-corrected chi connectivity index (χ0v) is 12.2. The van der Waals surface area contributed by atoms with E-state index in [1.165, 1.54) is 0 Å². The van der Waals surface area contributed by atoms with Crippen LogP contribution in [0.1, 0.15) is 25.5 Å². The number of aromatic nitrogens is 1. The van der Waals surface area contributed by atoms with Crippen LogP contribution in [0, 0.1) is 6.92 Å². The molecule has 1 rings (SSSR count). The maximum atomic E-state index is 11.5. The van der Waals surface area contributed by atoms with Crippen molar-refractivity contribution < 1.29 is 19.8 Å². The Hall–Kier alpha value is -1.67. The van der Waals surface area contributed by atoms with Gasteiger partial charge in [-0.1, -0.05) is 11.3 Å². The number of aliphatic carboxylic acids is 1. The molecule has 0 fully saturated rings. The second-order valence-electron chi connectivity index (χ2n) is 4.75. The molecule has 1 heterocycles. The molecule has 1 aromatic rings. The largest absolute Gasteiger partial charge is 0.479 e. The molecule has 1 unspecified atom stereocenters. The van der Waals surface area contributed by atoms with Crippen LogP contribution >= 0.6 is 11.3 Å². The molecule has 0 saturated heterocycles. The van der Waals surface area contributed by atoms with E-state index in [-0.39, 0.29) is 23.7 Å². The minimum atomic E-state index is -1.98. The number of carboxylic acids is 1. The Labute approximate surface area is 119 Å². The Morgan fingerprint density at radius 3 is 2.65 bits per heavy atom. The molecule has 20 heavy (non-hydrogen) atoms. The minimum absolute atomic E-state index is 0.0586. The first-order valence-corrected chi connectivity index (χ1v) is 6.99. The Morgan fingerprint density at radius 1 is 1.50 bits per heavy atom. The second-order valence-corrected chi connectivity index (χ2v) is 5.57. The van der Waals surface area contributed by atoms with Gasteiger partial charge in [-0.15, -0.1) is 0 Å². The van der Waals surface area contributed by atoms with E-state index in [1.807, 2.05) is 6.92 Å². The van der Waals surface area contributed by atoms with Gasteiger partial charge in [0.2, 0.25) is 5.91 Å². The van der Waals surface area contributed by atoms with Crippen LogP contribution in [0.2, 0.25) is 0 Å². The summed E-state index contributed by atoms with van der Waals surface area (Å²) in [6.45, 7) is 3.03. The van der Waals surface area contributed by atoms with E-state index in [0.717, 1.165) is 24.0 Å². The van der Waals surface area contributed by atoms with E-state index in [0.29, 0.717) is 13.0 Å². The SMILES string of the molecule is Cc1csc(=O)n1CCCC(=O)NCC(C)(O)C(=O)O. The molecule has 0 radical (unpaired) electrons. The summed E-state index contributed by atoms with van der Waals surface area (Å²) in [7, 11) is 0. The number of carboxylic acid groups (broad SMARTS) is 1. The number of nitrogens with zero attached hydrogens (tertiary/aromatic N) is 1. The molecule has 0 saturated carbocycles. The van der Waals surface area contributed by atoms with Crippen molar-refractivity contribution in [3.8, 4) is 0 Å². The number of hydrogen-bond acceptors (Lipinski definition) is 5. The lowest BCUT2D eigenvalue weighted by Crippen LogP contribution is -2.46. The van der Waals surface area contributed by atoms with E-state index < -0.39 is 11.6 Å². The van der Waals surface area contributed by atoms with Crippen molar-refractivity contribution in [1.29, 1.82) is 0 Å². The minimum Gasteiger partial charge on any atom is -0.479 e. The highest BCUT2D eigenvalue weighted by atomic mass is 32.1. The monoisotopic (exact) mass is 302 g/mol. The van der Waals surface area contributed by atoms with Crippen molar-refractivity contribution in [2.45, 2.75) is 38.8 Å². The summed E-state index contributed by atoms with van der Waals surface area (Å²) >= 11 is 1.12. The molecule has 7 nitrogen and oxygen atoms in total. The van der Waals surface area contributed by atoms with Crippen LogP contribution in [0.25, 0.3) is 0 Å². The van der Waals surface area contributed by atoms with E-state index >= 15 is 0 Å². The van der Waals surface area contributed by atoms with Gasteiger partial charge in [0.1, 0.15) is 0 Å². The molecule has 0 aliphatic carbocycles. The summed E-state index contributed by atoms with van der Waals surface area (Å²) in [5, 5.41) is 22.2. The van der Waals surface area contributed by atoms with Gasteiger partial charge < -0.3 is 20.1 Å². The Kier molecular flexibility index (Phi) is 5.46. The molecule has 8 heteroatoms. The Balaban J connectivity index is 2.35. The number of carbonyl (C=O) groups is 2. The lowest BCUT2D eigenvalue weighted by molar-refractivity contribution is -0.156. The normalized spacial score (nSPS) is 13.8. The van der Waals surface area contributed by atoms with Crippen molar-refractivity contribution >= 4 is 23.2 Å². The predicted octanol–water partition coefficient (Wildman–Crippen LogP) is -0.0498. The van der Waals surface area contributed by atoms with Gasteiger partial charge in [0.25, 0.3) is 0 Å². The fourth-order valence-electron chi connectivity index (χ4n) is 1.51. The molecule has 112 valence electrons. The summed E-state index contributed by atoms with van der Waals surface area (Å²) in [5.41, 5.74) is -1.12. The van der Waals surface area contributed by atoms with E-state index in [1.54, 1.807) is 9.95 Å². The van der Waals surface area contributed by atoms with Crippen LogP contribution in [0.3, 0.4) is 0 Å². The first-order valence-electron chi connectivity index (χ1n) is 6.11. The molecular weight excluding hydrogens is 284 g/mol. The highest BCUT2D eigenvalue weighted by molar-refractivity contribution is 7.07. The number of rotatable bonds is 7. The molecule has 0 aliphatic heterocycles. The zero-order valence-electron chi connectivity index (χ0n) is 11.4. The van der Waals surface area contributed by atoms with Crippen molar-refractivity contribution in [3.63, 3.8) is 0 Å². The lowest BCUT2D eigenvalue weighted by atomic mass is 10.1. The third-order valence-corrected chi connectivity index (χ3v) is 3.73. The molecule has 0 spiro atoms. The third-order valence-electron chi connectivity index (χ3n) is 2.85. The summed E-state index contributed by atoms with van der Waals surface area (Å²) in [6.07, 6.45) is 0.635. The number of hydrogen-bond donors (Lipinski definition) is 3. The van der Waals surface area contributed by atoms with Crippen LogP contribution in [0.5, 0.6) is 0 Å². The average molecular weight is 302 g/mol. The fourth-order valence-corrected chi connectivity index (χ4v) is 2.27. The van der Waals surface area contributed by atoms with Crippen LogP contribution < -0.4 is 10.2 Å². The van der Waals surface area contributed by atoms with E-state index in [4.69, 9.17) is 5.11 Å². The van der Waals surface area contributed by atoms with E-state index in [9.17, 15) is 19.5 Å². The van der Waals surface area contributed by atoms with Crippen molar-refractivity contribution in [2.24, 2.45) is 0 Å². The highest BCUT2D eigenvalue weighted by Crippen LogP contribution is 2.03. The number of aliphatic hydroxyl groups is 1. The third kappa shape index (κ3) is 4.46. The molecular formula is C12H18N2O5S. The quantitative estimate of drug-likeness (QED) is 0.654. The van der Waals surface area contributed by atoms with Crippen molar-refractivity contribution in [3.05, 3.63) is 20.7 Å². The van der Waals surface area contributed by atoms with E-state index in [2.05, 4.69) is 5.32 Å². The zero-order chi connectivity index (χ0) is 15.3. The summed E-state index contributed by atoms with van der Waals surface area (Å²) in [4.78, 5) is 33.5. The maximum Gasteiger partial charge on any atom is 0.337 e. The van der Waals surface area contributed by atoms with Crippen LogP contribution in [0.15, 0.2) is 10.2 Å². The summed E-state index contributed by atoms with van der Waals surface area (Å²) < 4.78 is 1.59. The first-order chi connectivity index (χ1) is 9.24. The van der Waals surface area contributed by atoms with Gasteiger partial charge in [-0.3, -0.25) is 9.59 Å². The summed E-state index contributed by atoms with van der Waals surface area (Å²) in [6, 6.07) is 0. The maximum absolute atomic E-state index is 11.5. The van der Waals surface area contributed by atoms with Crippen LogP contribution in [-0.2, 0) is 16.1 Å². The van der Waals surface area contributed by atoms with Crippen LogP contribution in [-0.4, -0.2) is 38.8 Å². The Bertz CT molecular complexity index is 546. The molecule has 1 atom stereocenters. The topological polar surface area (TPSA) is 109 Å². The second kappa shape index (κ2) is 6.67. The van der Waals surface area contributed by atoms with Gasteiger partial charge >= 0.3 is 10.8 Å². The molecule has 0 aromatic carbocycles. The van der Waals surface area contributed by atoms with Crippen molar-refractivity contribution in [2.75, 3.05) is 6.54 Å². The van der Waals surface area contributed by atoms with Gasteiger partial charge in [-0.2, -0.15) is 0 Å². The fraction of sp³-hybridized carbons (Fsp3) is 0.583. The number of carbonyl (C=O) groups excluding carboxylic acids is 1. The van der Waals surface area contributed by atoms with Gasteiger partial charge in [0.15, 0.2) is 5.60 Å². The van der Waals surface area contributed by atoms with Gasteiger partial charge in [0, 0.05) is 24.0 Å². The molecule has 0 bridgehead atoms. The first kappa shape index (κ1) is 16.4. The average Bonchev–Trinajstić information content (AvgIpc) is 2.68. The van der Waals surface area contributed by atoms with Crippen LogP contribution in [0.4, 0.5) is 0 Å².